The molecule has 0 saturated heterocycles. The second kappa shape index (κ2) is 6.24. The SMILES string of the molecule is CNCc1nc(C)ccc1OCc1c(Cl)c(C)nn1C. The average molecular weight is 295 g/mol. The van der Waals surface area contributed by atoms with Crippen molar-refractivity contribution in [1.82, 2.24) is 20.1 Å². The average Bonchev–Trinajstić information content (AvgIpc) is 2.64. The molecular weight excluding hydrogens is 276 g/mol. The third-order valence-electron chi connectivity index (χ3n) is 3.04. The summed E-state index contributed by atoms with van der Waals surface area (Å²) in [7, 11) is 3.74. The normalized spacial score (nSPS) is 10.8. The number of rotatable bonds is 5. The van der Waals surface area contributed by atoms with Gasteiger partial charge in [-0.25, -0.2) is 0 Å². The number of pyridine rings is 1. The van der Waals surface area contributed by atoms with Gasteiger partial charge in [0, 0.05) is 19.3 Å². The zero-order valence-electron chi connectivity index (χ0n) is 12.2. The highest BCUT2D eigenvalue weighted by atomic mass is 35.5. The van der Waals surface area contributed by atoms with Gasteiger partial charge in [0.05, 0.1) is 22.1 Å². The summed E-state index contributed by atoms with van der Waals surface area (Å²) in [6.45, 7) is 4.88. The van der Waals surface area contributed by atoms with Crippen molar-refractivity contribution in [1.29, 1.82) is 0 Å². The van der Waals surface area contributed by atoms with Gasteiger partial charge in [-0.2, -0.15) is 5.10 Å². The maximum absolute atomic E-state index is 6.22. The summed E-state index contributed by atoms with van der Waals surface area (Å²) >= 11 is 6.22. The Morgan fingerprint density at radius 2 is 2.10 bits per heavy atom. The van der Waals surface area contributed by atoms with Crippen LogP contribution in [0.3, 0.4) is 0 Å². The first-order valence-corrected chi connectivity index (χ1v) is 6.82. The Morgan fingerprint density at radius 3 is 2.70 bits per heavy atom. The molecule has 0 radical (unpaired) electrons. The van der Waals surface area contributed by atoms with Gasteiger partial charge in [-0.05, 0) is 33.0 Å². The number of halogens is 1. The molecule has 0 fully saturated rings. The quantitative estimate of drug-likeness (QED) is 0.920. The summed E-state index contributed by atoms with van der Waals surface area (Å²) in [6.07, 6.45) is 0. The number of nitrogens with zero attached hydrogens (tertiary/aromatic N) is 3. The lowest BCUT2D eigenvalue weighted by Gasteiger charge is -2.11. The lowest BCUT2D eigenvalue weighted by atomic mass is 10.3. The van der Waals surface area contributed by atoms with E-state index >= 15 is 0 Å². The van der Waals surface area contributed by atoms with Crippen molar-refractivity contribution in [3.8, 4) is 5.75 Å². The molecule has 0 amide bonds. The van der Waals surface area contributed by atoms with Crippen LogP contribution in [0, 0.1) is 13.8 Å². The fourth-order valence-electron chi connectivity index (χ4n) is 2.01. The Bertz CT molecular complexity index is 609. The Balaban J connectivity index is 2.18. The predicted molar refractivity (Wildman–Crippen MR) is 79.0 cm³/mol. The second-order valence-electron chi connectivity index (χ2n) is 4.69. The Morgan fingerprint density at radius 1 is 1.35 bits per heavy atom. The van der Waals surface area contributed by atoms with Gasteiger partial charge in [-0.1, -0.05) is 11.6 Å². The molecule has 0 bridgehead atoms. The number of hydrogen-bond acceptors (Lipinski definition) is 4. The molecule has 2 aromatic heterocycles. The molecule has 0 aromatic carbocycles. The highest BCUT2D eigenvalue weighted by Crippen LogP contribution is 2.23. The van der Waals surface area contributed by atoms with E-state index in [2.05, 4.69) is 15.4 Å². The molecule has 0 aliphatic rings. The van der Waals surface area contributed by atoms with Crippen LogP contribution < -0.4 is 10.1 Å². The smallest absolute Gasteiger partial charge is 0.142 e. The van der Waals surface area contributed by atoms with E-state index < -0.39 is 0 Å². The third kappa shape index (κ3) is 3.11. The van der Waals surface area contributed by atoms with E-state index in [1.165, 1.54) is 0 Å². The fraction of sp³-hybridized carbons (Fsp3) is 0.429. The van der Waals surface area contributed by atoms with Gasteiger partial charge in [0.25, 0.3) is 0 Å². The molecule has 0 unspecified atom stereocenters. The van der Waals surface area contributed by atoms with Crippen LogP contribution in [0.2, 0.25) is 5.02 Å². The van der Waals surface area contributed by atoms with Gasteiger partial charge in [0.2, 0.25) is 0 Å². The van der Waals surface area contributed by atoms with Gasteiger partial charge in [-0.15, -0.1) is 0 Å². The minimum Gasteiger partial charge on any atom is -0.485 e. The summed E-state index contributed by atoms with van der Waals surface area (Å²) in [4.78, 5) is 4.48. The highest BCUT2D eigenvalue weighted by molar-refractivity contribution is 6.31. The van der Waals surface area contributed by atoms with E-state index in [-0.39, 0.29) is 0 Å². The second-order valence-corrected chi connectivity index (χ2v) is 5.06. The Labute approximate surface area is 123 Å². The van der Waals surface area contributed by atoms with Gasteiger partial charge >= 0.3 is 0 Å². The predicted octanol–water partition coefficient (Wildman–Crippen LogP) is 2.38. The number of ether oxygens (including phenoxy) is 1. The van der Waals surface area contributed by atoms with Crippen molar-refractivity contribution in [2.75, 3.05) is 7.05 Å². The number of nitrogens with one attached hydrogen (secondary N) is 1. The summed E-state index contributed by atoms with van der Waals surface area (Å²) < 4.78 is 7.61. The minimum absolute atomic E-state index is 0.373. The first-order valence-electron chi connectivity index (χ1n) is 6.44. The van der Waals surface area contributed by atoms with E-state index in [1.54, 1.807) is 4.68 Å². The molecule has 20 heavy (non-hydrogen) atoms. The van der Waals surface area contributed by atoms with E-state index in [0.717, 1.165) is 28.5 Å². The highest BCUT2D eigenvalue weighted by Gasteiger charge is 2.13. The van der Waals surface area contributed by atoms with Crippen LogP contribution in [0.15, 0.2) is 12.1 Å². The number of aryl methyl sites for hydroxylation is 3. The van der Waals surface area contributed by atoms with Gasteiger partial charge in [0.1, 0.15) is 12.4 Å². The first kappa shape index (κ1) is 14.8. The summed E-state index contributed by atoms with van der Waals surface area (Å²) in [5.74, 6) is 0.764. The standard InChI is InChI=1S/C14H19ClN4O/c1-9-5-6-13(11(17-9)7-16-3)20-8-12-14(15)10(2)18-19(12)4/h5-6,16H,7-8H2,1-4H3. The maximum Gasteiger partial charge on any atom is 0.142 e. The zero-order chi connectivity index (χ0) is 14.7. The van der Waals surface area contributed by atoms with E-state index in [1.807, 2.05) is 40.1 Å². The van der Waals surface area contributed by atoms with Crippen LogP contribution in [-0.4, -0.2) is 21.8 Å². The monoisotopic (exact) mass is 294 g/mol. The molecule has 0 aliphatic carbocycles. The van der Waals surface area contributed by atoms with Crippen molar-refractivity contribution >= 4 is 11.6 Å². The fourth-order valence-corrected chi connectivity index (χ4v) is 2.22. The lowest BCUT2D eigenvalue weighted by molar-refractivity contribution is 0.289. The Kier molecular flexibility index (Phi) is 4.62. The van der Waals surface area contributed by atoms with Crippen LogP contribution in [0.1, 0.15) is 22.8 Å². The van der Waals surface area contributed by atoms with E-state index in [4.69, 9.17) is 16.3 Å². The van der Waals surface area contributed by atoms with Crippen LogP contribution in [0.5, 0.6) is 5.75 Å². The summed E-state index contributed by atoms with van der Waals surface area (Å²) in [5.41, 5.74) is 3.53. The van der Waals surface area contributed by atoms with Crippen LogP contribution in [0.4, 0.5) is 0 Å². The van der Waals surface area contributed by atoms with Crippen molar-refractivity contribution in [3.05, 3.63) is 39.9 Å². The number of aromatic nitrogens is 3. The van der Waals surface area contributed by atoms with Crippen LogP contribution >= 0.6 is 11.6 Å². The molecule has 0 saturated carbocycles. The van der Waals surface area contributed by atoms with Crippen molar-refractivity contribution in [2.24, 2.45) is 7.05 Å². The maximum atomic E-state index is 6.22. The van der Waals surface area contributed by atoms with Crippen LogP contribution in [0.25, 0.3) is 0 Å². The van der Waals surface area contributed by atoms with Crippen molar-refractivity contribution < 1.29 is 4.74 Å². The third-order valence-corrected chi connectivity index (χ3v) is 3.53. The summed E-state index contributed by atoms with van der Waals surface area (Å²) in [5, 5.41) is 8.02. The molecule has 6 heteroatoms. The molecule has 2 rings (SSSR count). The van der Waals surface area contributed by atoms with E-state index in [0.29, 0.717) is 18.2 Å². The molecule has 0 spiro atoms. The largest absolute Gasteiger partial charge is 0.485 e. The summed E-state index contributed by atoms with van der Waals surface area (Å²) in [6, 6.07) is 3.87. The minimum atomic E-state index is 0.373. The van der Waals surface area contributed by atoms with Gasteiger partial charge < -0.3 is 10.1 Å². The molecule has 0 atom stereocenters. The van der Waals surface area contributed by atoms with Gasteiger partial charge in [0.15, 0.2) is 0 Å². The Hall–Kier alpha value is -1.59. The molecule has 5 nitrogen and oxygen atoms in total. The van der Waals surface area contributed by atoms with Crippen LogP contribution in [-0.2, 0) is 20.2 Å². The zero-order valence-corrected chi connectivity index (χ0v) is 13.0. The topological polar surface area (TPSA) is 52.0 Å². The first-order chi connectivity index (χ1) is 9.52. The molecule has 2 aromatic rings. The van der Waals surface area contributed by atoms with Crippen molar-refractivity contribution in [3.63, 3.8) is 0 Å². The molecule has 108 valence electrons. The lowest BCUT2D eigenvalue weighted by Crippen LogP contribution is -2.11. The van der Waals surface area contributed by atoms with E-state index in [9.17, 15) is 0 Å². The molecule has 0 aliphatic heterocycles. The van der Waals surface area contributed by atoms with Crippen molar-refractivity contribution in [2.45, 2.75) is 27.0 Å². The number of hydrogen-bond donors (Lipinski definition) is 1. The molecule has 1 N–H and O–H groups in total. The molecule has 2 heterocycles. The van der Waals surface area contributed by atoms with Gasteiger partial charge in [-0.3, -0.25) is 9.67 Å². The molecular formula is C14H19ClN4O.